The Hall–Kier alpha value is -3.21. The van der Waals surface area contributed by atoms with Crippen LogP contribution in [0.3, 0.4) is 0 Å². The zero-order valence-corrected chi connectivity index (χ0v) is 11.0. The molecule has 0 saturated heterocycles. The van der Waals surface area contributed by atoms with Gasteiger partial charge in [0.25, 0.3) is 0 Å². The highest BCUT2D eigenvalue weighted by molar-refractivity contribution is 5.56. The van der Waals surface area contributed by atoms with Gasteiger partial charge in [0.2, 0.25) is 0 Å². The number of nitrogens with zero attached hydrogens (tertiary/aromatic N) is 7. The minimum Gasteiger partial charge on any atom is -0.376 e. The zero-order valence-electron chi connectivity index (χ0n) is 11.0. The lowest BCUT2D eigenvalue weighted by Crippen LogP contribution is -2.09. The summed E-state index contributed by atoms with van der Waals surface area (Å²) in [6.07, 6.45) is 3.81. The number of benzene rings is 1. The molecule has 1 aromatic heterocycles. The van der Waals surface area contributed by atoms with Gasteiger partial charge in [-0.2, -0.15) is 0 Å². The number of hydrogen-bond donors (Lipinski definition) is 1. The predicted octanol–water partition coefficient (Wildman–Crippen LogP) is 4.31. The predicted molar refractivity (Wildman–Crippen MR) is 79.7 cm³/mol. The van der Waals surface area contributed by atoms with Gasteiger partial charge in [-0.05, 0) is 34.8 Å². The summed E-state index contributed by atoms with van der Waals surface area (Å²) in [4.78, 5) is 9.09. The van der Waals surface area contributed by atoms with Gasteiger partial charge >= 0.3 is 0 Å². The summed E-state index contributed by atoms with van der Waals surface area (Å²) in [7, 11) is 0. The molecule has 8 heteroatoms. The lowest BCUT2D eigenvalue weighted by atomic mass is 10.2. The molecule has 0 saturated carbocycles. The van der Waals surface area contributed by atoms with Crippen LogP contribution < -0.4 is 5.32 Å². The van der Waals surface area contributed by atoms with E-state index in [-0.39, 0.29) is 6.17 Å². The van der Waals surface area contributed by atoms with Gasteiger partial charge in [-0.1, -0.05) is 28.4 Å². The first-order valence-electron chi connectivity index (χ1n) is 6.17. The Bertz CT molecular complexity index is 661. The van der Waals surface area contributed by atoms with E-state index < -0.39 is 0 Å². The van der Waals surface area contributed by atoms with Crippen molar-refractivity contribution in [2.75, 3.05) is 5.32 Å². The number of nitrogens with one attached hydrogen (secondary N) is 1. The summed E-state index contributed by atoms with van der Waals surface area (Å²) in [5.74, 6) is 0. The molecule has 1 atom stereocenters. The molecule has 0 aliphatic carbocycles. The van der Waals surface area contributed by atoms with E-state index in [2.05, 4.69) is 30.4 Å². The molecular weight excluding hydrogens is 268 g/mol. The molecule has 0 spiro atoms. The van der Waals surface area contributed by atoms with Crippen LogP contribution in [0.2, 0.25) is 0 Å². The van der Waals surface area contributed by atoms with Gasteiger partial charge < -0.3 is 5.32 Å². The van der Waals surface area contributed by atoms with Crippen LogP contribution in [0.25, 0.3) is 20.9 Å². The highest BCUT2D eigenvalue weighted by atomic mass is 15.2. The Kier molecular flexibility index (Phi) is 5.00. The van der Waals surface area contributed by atoms with E-state index in [9.17, 15) is 0 Å². The average Bonchev–Trinajstić information content (AvgIpc) is 2.92. The second kappa shape index (κ2) is 7.40. The van der Waals surface area contributed by atoms with E-state index in [0.717, 1.165) is 12.1 Å². The van der Waals surface area contributed by atoms with Gasteiger partial charge in [0.05, 0.1) is 5.69 Å². The first kappa shape index (κ1) is 14.2. The number of rotatable bonds is 2. The van der Waals surface area contributed by atoms with Crippen LogP contribution in [0.1, 0.15) is 5.56 Å². The summed E-state index contributed by atoms with van der Waals surface area (Å²) in [5, 5.41) is 10.0. The van der Waals surface area contributed by atoms with Crippen molar-refractivity contribution < 1.29 is 0 Å². The van der Waals surface area contributed by atoms with E-state index in [4.69, 9.17) is 11.1 Å². The van der Waals surface area contributed by atoms with Crippen molar-refractivity contribution >= 4 is 11.4 Å². The van der Waals surface area contributed by atoms with Crippen molar-refractivity contribution in [3.8, 4) is 0 Å². The Morgan fingerprint density at radius 2 is 2.00 bits per heavy atom. The average molecular weight is 280 g/mol. The fourth-order valence-electron chi connectivity index (χ4n) is 1.87. The minimum absolute atomic E-state index is 0.104. The van der Waals surface area contributed by atoms with Crippen molar-refractivity contribution in [2.45, 2.75) is 12.6 Å². The largest absolute Gasteiger partial charge is 0.376 e. The molecular formula is C13H12N8. The Balaban J connectivity index is 0.000000161. The standard InChI is InChI=1S/C8H8N4.C5H4N4/c9-12-11-8-5-6-3-1-2-4-7(6)10-8;6-9-8-5-2-1-3-7-4-5/h1-4,8,10H,5H2;1-4H. The molecule has 0 fully saturated rings. The molecule has 0 bridgehead atoms. The Labute approximate surface area is 120 Å². The molecule has 2 heterocycles. The number of pyridine rings is 1. The SMILES string of the molecule is [N-]=[N+]=NC1Cc2ccccc2N1.[N-]=[N+]=Nc1cccnc1. The Morgan fingerprint density at radius 3 is 2.67 bits per heavy atom. The molecule has 0 amide bonds. The molecule has 1 aromatic carbocycles. The third-order valence-electron chi connectivity index (χ3n) is 2.75. The molecule has 1 N–H and O–H groups in total. The molecule has 21 heavy (non-hydrogen) atoms. The summed E-state index contributed by atoms with van der Waals surface area (Å²) >= 11 is 0. The molecule has 0 radical (unpaired) electrons. The maximum absolute atomic E-state index is 8.22. The number of azide groups is 2. The van der Waals surface area contributed by atoms with Crippen LogP contribution in [-0.2, 0) is 6.42 Å². The third-order valence-corrected chi connectivity index (χ3v) is 2.75. The molecule has 1 aliphatic rings. The summed E-state index contributed by atoms with van der Waals surface area (Å²) in [5.41, 5.74) is 19.0. The van der Waals surface area contributed by atoms with Crippen molar-refractivity contribution in [2.24, 2.45) is 10.2 Å². The summed E-state index contributed by atoms with van der Waals surface area (Å²) in [6, 6.07) is 11.4. The van der Waals surface area contributed by atoms with Crippen LogP contribution in [0.15, 0.2) is 59.0 Å². The quantitative estimate of drug-likeness (QED) is 0.500. The molecule has 3 rings (SSSR count). The van der Waals surface area contributed by atoms with E-state index in [1.807, 2.05) is 24.3 Å². The summed E-state index contributed by atoms with van der Waals surface area (Å²) < 4.78 is 0. The fraction of sp³-hybridized carbons (Fsp3) is 0.154. The molecule has 1 unspecified atom stereocenters. The van der Waals surface area contributed by atoms with E-state index in [1.165, 1.54) is 11.8 Å². The van der Waals surface area contributed by atoms with Gasteiger partial charge in [-0.15, -0.1) is 0 Å². The van der Waals surface area contributed by atoms with Crippen LogP contribution in [-0.4, -0.2) is 11.1 Å². The van der Waals surface area contributed by atoms with E-state index in [0.29, 0.717) is 5.69 Å². The molecule has 104 valence electrons. The topological polar surface area (TPSA) is 122 Å². The lowest BCUT2D eigenvalue weighted by Gasteiger charge is -2.00. The van der Waals surface area contributed by atoms with Crippen molar-refractivity contribution in [1.29, 1.82) is 0 Å². The number of anilines is 1. The van der Waals surface area contributed by atoms with Gasteiger partial charge in [0, 0.05) is 34.3 Å². The molecule has 2 aromatic rings. The summed E-state index contributed by atoms with van der Waals surface area (Å²) in [6.45, 7) is 0. The minimum atomic E-state index is -0.104. The van der Waals surface area contributed by atoms with Crippen molar-refractivity contribution in [3.05, 3.63) is 75.2 Å². The Morgan fingerprint density at radius 1 is 1.14 bits per heavy atom. The smallest absolute Gasteiger partial charge is 0.109 e. The number of para-hydroxylation sites is 1. The lowest BCUT2D eigenvalue weighted by molar-refractivity contribution is 0.789. The van der Waals surface area contributed by atoms with Crippen molar-refractivity contribution in [3.63, 3.8) is 0 Å². The van der Waals surface area contributed by atoms with E-state index in [1.54, 1.807) is 18.3 Å². The van der Waals surface area contributed by atoms with Gasteiger partial charge in [0.15, 0.2) is 0 Å². The van der Waals surface area contributed by atoms with Gasteiger partial charge in [0.1, 0.15) is 6.17 Å². The maximum Gasteiger partial charge on any atom is 0.109 e. The normalized spacial score (nSPS) is 14.4. The van der Waals surface area contributed by atoms with Crippen LogP contribution in [0, 0.1) is 0 Å². The van der Waals surface area contributed by atoms with Crippen LogP contribution >= 0.6 is 0 Å². The highest BCUT2D eigenvalue weighted by Gasteiger charge is 2.17. The second-order valence-corrected chi connectivity index (χ2v) is 4.13. The van der Waals surface area contributed by atoms with Crippen LogP contribution in [0.5, 0.6) is 0 Å². The van der Waals surface area contributed by atoms with Gasteiger partial charge in [-0.25, -0.2) is 0 Å². The second-order valence-electron chi connectivity index (χ2n) is 4.13. The van der Waals surface area contributed by atoms with E-state index >= 15 is 0 Å². The monoisotopic (exact) mass is 280 g/mol. The van der Waals surface area contributed by atoms with Crippen molar-refractivity contribution in [1.82, 2.24) is 4.98 Å². The van der Waals surface area contributed by atoms with Gasteiger partial charge in [-0.3, -0.25) is 4.98 Å². The highest BCUT2D eigenvalue weighted by Crippen LogP contribution is 2.25. The third kappa shape index (κ3) is 4.14. The van der Waals surface area contributed by atoms with Crippen LogP contribution in [0.4, 0.5) is 11.4 Å². The number of aromatic nitrogens is 1. The first-order chi connectivity index (χ1) is 10.3. The molecule has 1 aliphatic heterocycles. The first-order valence-corrected chi connectivity index (χ1v) is 6.17. The maximum atomic E-state index is 8.22. The zero-order chi connectivity index (χ0) is 14.9. The fourth-order valence-corrected chi connectivity index (χ4v) is 1.87. The molecule has 8 nitrogen and oxygen atoms in total. The number of fused-ring (bicyclic) bond motifs is 1. The number of hydrogen-bond acceptors (Lipinski definition) is 4.